The molecule has 0 fully saturated rings. The first-order valence-corrected chi connectivity index (χ1v) is 9.09. The molecule has 6 heteroatoms. The third-order valence-electron chi connectivity index (χ3n) is 3.56. The Kier molecular flexibility index (Phi) is 6.81. The van der Waals surface area contributed by atoms with Crippen molar-refractivity contribution in [1.82, 2.24) is 4.98 Å². The van der Waals surface area contributed by atoms with E-state index < -0.39 is 5.60 Å². The second-order valence-electron chi connectivity index (χ2n) is 7.47. The molecule has 0 bridgehead atoms. The van der Waals surface area contributed by atoms with Crippen LogP contribution in [0.2, 0.25) is 5.15 Å². The number of ether oxygens (including phenoxy) is 2. The van der Waals surface area contributed by atoms with Crippen molar-refractivity contribution in [2.24, 2.45) is 5.92 Å². The van der Waals surface area contributed by atoms with Crippen LogP contribution in [0.1, 0.15) is 45.2 Å². The summed E-state index contributed by atoms with van der Waals surface area (Å²) in [5.74, 6) is 0.844. The predicted molar refractivity (Wildman–Crippen MR) is 104 cm³/mol. The zero-order chi connectivity index (χ0) is 20.0. The second-order valence-corrected chi connectivity index (χ2v) is 7.86. The van der Waals surface area contributed by atoms with Gasteiger partial charge >= 0.3 is 5.97 Å². The van der Waals surface area contributed by atoms with Crippen molar-refractivity contribution in [3.05, 3.63) is 52.7 Å². The minimum atomic E-state index is -0.463. The van der Waals surface area contributed by atoms with Gasteiger partial charge in [-0.25, -0.2) is 4.98 Å². The molecule has 0 N–H and O–H groups in total. The zero-order valence-corrected chi connectivity index (χ0v) is 16.7. The van der Waals surface area contributed by atoms with Crippen LogP contribution in [0.3, 0.4) is 0 Å². The molecule has 0 amide bonds. The van der Waals surface area contributed by atoms with Gasteiger partial charge in [0.15, 0.2) is 0 Å². The number of aromatic nitrogens is 1. The molecule has 1 unspecified atom stereocenters. The molecule has 0 radical (unpaired) electrons. The topological polar surface area (TPSA) is 72.2 Å². The Balaban J connectivity index is 1.94. The normalized spacial score (nSPS) is 12.1. The highest BCUT2D eigenvalue weighted by molar-refractivity contribution is 6.29. The van der Waals surface area contributed by atoms with E-state index in [2.05, 4.69) is 4.98 Å². The van der Waals surface area contributed by atoms with Gasteiger partial charge in [0.2, 0.25) is 5.88 Å². The lowest BCUT2D eigenvalue weighted by molar-refractivity contribution is -0.155. The molecular weight excluding hydrogens is 364 g/mol. The first kappa shape index (κ1) is 20.7. The molecule has 0 aliphatic carbocycles. The third-order valence-corrected chi connectivity index (χ3v) is 3.76. The van der Waals surface area contributed by atoms with Crippen LogP contribution in [0, 0.1) is 17.2 Å². The number of esters is 1. The van der Waals surface area contributed by atoms with E-state index in [0.29, 0.717) is 17.7 Å². The van der Waals surface area contributed by atoms with E-state index in [4.69, 9.17) is 26.3 Å². The fraction of sp³-hybridized carbons (Fsp3) is 0.381. The van der Waals surface area contributed by atoms with Gasteiger partial charge < -0.3 is 9.47 Å². The van der Waals surface area contributed by atoms with Crippen LogP contribution in [0.4, 0.5) is 0 Å². The summed E-state index contributed by atoms with van der Waals surface area (Å²) in [6.45, 7) is 7.61. The zero-order valence-electron chi connectivity index (χ0n) is 16.0. The summed E-state index contributed by atoms with van der Waals surface area (Å²) in [5, 5.41) is 9.18. The molecule has 1 aromatic heterocycles. The van der Waals surface area contributed by atoms with Crippen molar-refractivity contribution in [3.63, 3.8) is 0 Å². The largest absolute Gasteiger partial charge is 0.460 e. The van der Waals surface area contributed by atoms with Gasteiger partial charge in [-0.15, -0.1) is 0 Å². The Morgan fingerprint density at radius 2 is 1.93 bits per heavy atom. The van der Waals surface area contributed by atoms with E-state index in [0.717, 1.165) is 12.0 Å². The van der Waals surface area contributed by atoms with E-state index in [1.807, 2.05) is 58.0 Å². The number of halogens is 1. The monoisotopic (exact) mass is 386 g/mol. The van der Waals surface area contributed by atoms with Crippen molar-refractivity contribution in [3.8, 4) is 17.7 Å². The van der Waals surface area contributed by atoms with E-state index in [9.17, 15) is 4.79 Å². The molecule has 142 valence electrons. The quantitative estimate of drug-likeness (QED) is 0.497. The Labute approximate surface area is 164 Å². The van der Waals surface area contributed by atoms with Gasteiger partial charge in [0.25, 0.3) is 0 Å². The molecular formula is C21H23ClN2O3. The Hall–Kier alpha value is -2.58. The number of carbonyl (C=O) groups excluding carboxylic acids is 1. The van der Waals surface area contributed by atoms with Crippen molar-refractivity contribution in [1.29, 1.82) is 5.26 Å². The molecule has 0 aliphatic rings. The Morgan fingerprint density at radius 1 is 1.26 bits per heavy atom. The second kappa shape index (κ2) is 8.88. The minimum Gasteiger partial charge on any atom is -0.460 e. The van der Waals surface area contributed by atoms with Gasteiger partial charge in [-0.05, 0) is 56.9 Å². The maximum atomic E-state index is 11.9. The predicted octanol–water partition coefficient (Wildman–Crippen LogP) is 5.31. The average Bonchev–Trinajstić information content (AvgIpc) is 2.54. The maximum Gasteiger partial charge on any atom is 0.306 e. The van der Waals surface area contributed by atoms with Crippen molar-refractivity contribution < 1.29 is 14.3 Å². The number of hydrogen-bond donors (Lipinski definition) is 0. The smallest absolute Gasteiger partial charge is 0.306 e. The minimum absolute atomic E-state index is 0.166. The molecule has 0 saturated heterocycles. The number of carbonyl (C=O) groups is 1. The van der Waals surface area contributed by atoms with Gasteiger partial charge in [-0.3, -0.25) is 4.79 Å². The third kappa shape index (κ3) is 7.28. The summed E-state index contributed by atoms with van der Waals surface area (Å²) in [4.78, 5) is 16.0. The summed E-state index contributed by atoms with van der Waals surface area (Å²) in [6.07, 6.45) is 1.13. The van der Waals surface area contributed by atoms with Gasteiger partial charge in [0.05, 0.1) is 11.6 Å². The van der Waals surface area contributed by atoms with Crippen LogP contribution in [-0.2, 0) is 16.0 Å². The number of hydrogen-bond acceptors (Lipinski definition) is 5. The number of rotatable bonds is 6. The average molecular weight is 387 g/mol. The van der Waals surface area contributed by atoms with Gasteiger partial charge in [0.1, 0.15) is 16.5 Å². The summed E-state index contributed by atoms with van der Waals surface area (Å²) >= 11 is 5.88. The summed E-state index contributed by atoms with van der Waals surface area (Å²) < 4.78 is 11.0. The highest BCUT2D eigenvalue weighted by Crippen LogP contribution is 2.24. The van der Waals surface area contributed by atoms with E-state index >= 15 is 0 Å². The lowest BCUT2D eigenvalue weighted by atomic mass is 9.98. The highest BCUT2D eigenvalue weighted by atomic mass is 35.5. The lowest BCUT2D eigenvalue weighted by Crippen LogP contribution is -2.25. The number of benzene rings is 1. The first-order valence-electron chi connectivity index (χ1n) is 8.71. The highest BCUT2D eigenvalue weighted by Gasteiger charge is 2.18. The number of nitrogens with zero attached hydrogens (tertiary/aromatic N) is 2. The molecule has 0 saturated carbocycles. The van der Waals surface area contributed by atoms with Gasteiger partial charge in [-0.2, -0.15) is 5.26 Å². The SMILES string of the molecule is CC(CC(=O)OC(C)(C)C)Cc1ccc(Oc2cc(C#N)cc(Cl)n2)cc1. The van der Waals surface area contributed by atoms with Crippen LogP contribution >= 0.6 is 11.6 Å². The van der Waals surface area contributed by atoms with Crippen LogP contribution in [0.15, 0.2) is 36.4 Å². The summed E-state index contributed by atoms with van der Waals surface area (Å²) in [6, 6.07) is 12.5. The summed E-state index contributed by atoms with van der Waals surface area (Å²) in [7, 11) is 0. The Morgan fingerprint density at radius 3 is 2.52 bits per heavy atom. The fourth-order valence-corrected chi connectivity index (χ4v) is 2.75. The molecule has 0 aliphatic heterocycles. The van der Waals surface area contributed by atoms with Crippen molar-refractivity contribution in [2.75, 3.05) is 0 Å². The van der Waals surface area contributed by atoms with E-state index in [1.165, 1.54) is 12.1 Å². The summed E-state index contributed by atoms with van der Waals surface area (Å²) in [5.41, 5.74) is 1.02. The number of pyridine rings is 1. The Bertz CT molecular complexity index is 836. The van der Waals surface area contributed by atoms with Gasteiger partial charge in [0, 0.05) is 12.5 Å². The van der Waals surface area contributed by atoms with Gasteiger partial charge in [-0.1, -0.05) is 30.7 Å². The van der Waals surface area contributed by atoms with Crippen LogP contribution < -0.4 is 4.74 Å². The molecule has 1 aromatic carbocycles. The first-order chi connectivity index (χ1) is 12.6. The van der Waals surface area contributed by atoms with E-state index in [-0.39, 0.29) is 22.9 Å². The number of nitriles is 1. The molecule has 5 nitrogen and oxygen atoms in total. The van der Waals surface area contributed by atoms with Crippen LogP contribution in [0.5, 0.6) is 11.6 Å². The molecule has 1 atom stereocenters. The van der Waals surface area contributed by atoms with Crippen molar-refractivity contribution >= 4 is 17.6 Å². The molecule has 1 heterocycles. The van der Waals surface area contributed by atoms with Crippen LogP contribution in [0.25, 0.3) is 0 Å². The molecule has 2 aromatic rings. The fourth-order valence-electron chi connectivity index (χ4n) is 2.55. The van der Waals surface area contributed by atoms with Crippen molar-refractivity contribution in [2.45, 2.75) is 46.1 Å². The lowest BCUT2D eigenvalue weighted by Gasteiger charge is -2.21. The van der Waals surface area contributed by atoms with E-state index in [1.54, 1.807) is 0 Å². The standard InChI is InChI=1S/C21H23ClN2O3/c1-14(10-20(25)27-21(2,3)4)9-15-5-7-17(8-6-15)26-19-12-16(13-23)11-18(22)24-19/h5-8,11-12,14H,9-10H2,1-4H3. The molecule has 2 rings (SSSR count). The molecule has 27 heavy (non-hydrogen) atoms. The van der Waals surface area contributed by atoms with Crippen LogP contribution in [-0.4, -0.2) is 16.6 Å². The molecule has 0 spiro atoms. The maximum absolute atomic E-state index is 11.9.